The van der Waals surface area contributed by atoms with E-state index in [4.69, 9.17) is 4.74 Å². The lowest BCUT2D eigenvalue weighted by atomic mass is 10.0. The molecule has 2 aromatic rings. The predicted molar refractivity (Wildman–Crippen MR) is 113 cm³/mol. The monoisotopic (exact) mass is 395 g/mol. The van der Waals surface area contributed by atoms with Crippen molar-refractivity contribution in [1.82, 2.24) is 15.5 Å². The number of benzene rings is 2. The first-order valence-corrected chi connectivity index (χ1v) is 10.2. The van der Waals surface area contributed by atoms with Gasteiger partial charge in [0.25, 0.3) is 5.91 Å². The van der Waals surface area contributed by atoms with Gasteiger partial charge in [0.2, 0.25) is 5.91 Å². The highest BCUT2D eigenvalue weighted by atomic mass is 16.5. The molecule has 3 rings (SSSR count). The van der Waals surface area contributed by atoms with Crippen LogP contribution in [0.1, 0.15) is 41.2 Å². The highest BCUT2D eigenvalue weighted by molar-refractivity contribution is 5.94. The summed E-state index contributed by atoms with van der Waals surface area (Å²) in [5, 5.41) is 5.83. The van der Waals surface area contributed by atoms with E-state index in [-0.39, 0.29) is 24.3 Å². The van der Waals surface area contributed by atoms with Crippen LogP contribution in [0, 0.1) is 0 Å². The third-order valence-electron chi connectivity index (χ3n) is 5.25. The molecule has 1 heterocycles. The summed E-state index contributed by atoms with van der Waals surface area (Å²) in [6.07, 6.45) is 2.59. The summed E-state index contributed by atoms with van der Waals surface area (Å²) in [7, 11) is 1.67. The highest BCUT2D eigenvalue weighted by Crippen LogP contribution is 2.31. The van der Waals surface area contributed by atoms with Crippen LogP contribution in [0.3, 0.4) is 0 Å². The molecule has 0 radical (unpaired) electrons. The molecule has 1 saturated heterocycles. The Morgan fingerprint density at radius 3 is 2.41 bits per heavy atom. The number of para-hydroxylation sites is 1. The summed E-state index contributed by atoms with van der Waals surface area (Å²) in [6.45, 7) is 2.87. The Morgan fingerprint density at radius 2 is 1.69 bits per heavy atom. The van der Waals surface area contributed by atoms with E-state index in [1.807, 2.05) is 36.4 Å². The molecule has 1 unspecified atom stereocenters. The van der Waals surface area contributed by atoms with Gasteiger partial charge >= 0.3 is 0 Å². The van der Waals surface area contributed by atoms with Crippen LogP contribution in [-0.2, 0) is 4.79 Å². The summed E-state index contributed by atoms with van der Waals surface area (Å²) >= 11 is 0. The number of carbonyl (C=O) groups is 2. The maximum atomic E-state index is 12.4. The summed E-state index contributed by atoms with van der Waals surface area (Å²) in [4.78, 5) is 26.8. The van der Waals surface area contributed by atoms with E-state index < -0.39 is 0 Å². The summed E-state index contributed by atoms with van der Waals surface area (Å²) in [6, 6.07) is 17.1. The fraction of sp³-hybridized carbons (Fsp3) is 0.391. The molecule has 2 aromatic carbocycles. The maximum absolute atomic E-state index is 12.4. The number of hydrogen-bond donors (Lipinski definition) is 2. The molecule has 0 saturated carbocycles. The quantitative estimate of drug-likeness (QED) is 0.685. The number of nitrogens with one attached hydrogen (secondary N) is 2. The zero-order chi connectivity index (χ0) is 20.5. The minimum atomic E-state index is -0.164. The number of nitrogens with zero attached hydrogens (tertiary/aromatic N) is 1. The fourth-order valence-electron chi connectivity index (χ4n) is 3.71. The van der Waals surface area contributed by atoms with Crippen LogP contribution >= 0.6 is 0 Å². The number of ether oxygens (including phenoxy) is 1. The molecule has 0 aliphatic carbocycles. The van der Waals surface area contributed by atoms with Gasteiger partial charge in [-0.05, 0) is 44.1 Å². The van der Waals surface area contributed by atoms with Crippen LogP contribution in [0.2, 0.25) is 0 Å². The number of methoxy groups -OCH3 is 1. The van der Waals surface area contributed by atoms with Gasteiger partial charge in [0.05, 0.1) is 13.2 Å². The summed E-state index contributed by atoms with van der Waals surface area (Å²) in [5.74, 6) is 0.605. The Bertz CT molecular complexity index is 804. The molecule has 6 nitrogen and oxygen atoms in total. The van der Waals surface area contributed by atoms with E-state index in [2.05, 4.69) is 21.6 Å². The second-order valence-corrected chi connectivity index (χ2v) is 7.18. The van der Waals surface area contributed by atoms with Gasteiger partial charge in [0.15, 0.2) is 0 Å². The van der Waals surface area contributed by atoms with Crippen LogP contribution in [0.15, 0.2) is 54.6 Å². The number of carbonyl (C=O) groups excluding carboxylic acids is 2. The normalized spacial score (nSPS) is 14.9. The molecule has 0 spiro atoms. The molecular weight excluding hydrogens is 366 g/mol. The molecule has 1 atom stereocenters. The van der Waals surface area contributed by atoms with Gasteiger partial charge in [0.1, 0.15) is 5.75 Å². The van der Waals surface area contributed by atoms with E-state index in [0.717, 1.165) is 24.4 Å². The minimum absolute atomic E-state index is 0.0718. The van der Waals surface area contributed by atoms with E-state index in [0.29, 0.717) is 18.7 Å². The molecule has 2 N–H and O–H groups in total. The predicted octanol–water partition coefficient (Wildman–Crippen LogP) is 2.77. The molecule has 6 heteroatoms. The molecule has 1 fully saturated rings. The van der Waals surface area contributed by atoms with Crippen molar-refractivity contribution >= 4 is 11.8 Å². The van der Waals surface area contributed by atoms with Crippen molar-refractivity contribution in [2.24, 2.45) is 0 Å². The molecule has 1 aliphatic heterocycles. The van der Waals surface area contributed by atoms with Crippen LogP contribution < -0.4 is 15.4 Å². The largest absolute Gasteiger partial charge is 0.496 e. The van der Waals surface area contributed by atoms with Crippen molar-refractivity contribution in [2.75, 3.05) is 33.3 Å². The molecule has 0 bridgehead atoms. The Morgan fingerprint density at radius 1 is 1.00 bits per heavy atom. The van der Waals surface area contributed by atoms with E-state index in [1.165, 1.54) is 12.8 Å². The van der Waals surface area contributed by atoms with Gasteiger partial charge in [-0.15, -0.1) is 0 Å². The van der Waals surface area contributed by atoms with E-state index >= 15 is 0 Å². The van der Waals surface area contributed by atoms with E-state index in [1.54, 1.807) is 19.2 Å². The number of hydrogen-bond acceptors (Lipinski definition) is 4. The first-order chi connectivity index (χ1) is 14.2. The maximum Gasteiger partial charge on any atom is 0.251 e. The standard InChI is InChI=1S/C23H29N3O3/c1-29-21-12-6-5-11-19(21)20(26-15-7-8-16-26)17-25-22(27)13-14-24-23(28)18-9-3-2-4-10-18/h2-6,9-12,20H,7-8,13-17H2,1H3,(H,24,28)(H,25,27). The SMILES string of the molecule is COc1ccccc1C(CNC(=O)CCNC(=O)c1ccccc1)N1CCCC1. The Kier molecular flexibility index (Phi) is 7.64. The topological polar surface area (TPSA) is 70.7 Å². The summed E-state index contributed by atoms with van der Waals surface area (Å²) in [5.41, 5.74) is 1.69. The molecule has 29 heavy (non-hydrogen) atoms. The average Bonchev–Trinajstić information content (AvgIpc) is 3.29. The van der Waals surface area contributed by atoms with Crippen LogP contribution in [0.4, 0.5) is 0 Å². The lowest BCUT2D eigenvalue weighted by Gasteiger charge is -2.29. The van der Waals surface area contributed by atoms with Gasteiger partial charge < -0.3 is 15.4 Å². The fourth-order valence-corrected chi connectivity index (χ4v) is 3.71. The third-order valence-corrected chi connectivity index (χ3v) is 5.25. The van der Waals surface area contributed by atoms with Crippen LogP contribution in [0.25, 0.3) is 0 Å². The number of likely N-dealkylation sites (tertiary alicyclic amines) is 1. The average molecular weight is 396 g/mol. The first-order valence-electron chi connectivity index (χ1n) is 10.2. The van der Waals surface area contributed by atoms with Crippen LogP contribution in [-0.4, -0.2) is 50.0 Å². The van der Waals surface area contributed by atoms with Gasteiger partial charge in [-0.3, -0.25) is 14.5 Å². The van der Waals surface area contributed by atoms with Crippen molar-refractivity contribution < 1.29 is 14.3 Å². The number of amides is 2. The van der Waals surface area contributed by atoms with Crippen molar-refractivity contribution in [1.29, 1.82) is 0 Å². The van der Waals surface area contributed by atoms with Gasteiger partial charge in [-0.2, -0.15) is 0 Å². The van der Waals surface area contributed by atoms with Gasteiger partial charge in [-0.25, -0.2) is 0 Å². The van der Waals surface area contributed by atoms with Gasteiger partial charge in [0, 0.05) is 30.6 Å². The second kappa shape index (κ2) is 10.6. The van der Waals surface area contributed by atoms with Gasteiger partial charge in [-0.1, -0.05) is 36.4 Å². The highest BCUT2D eigenvalue weighted by Gasteiger charge is 2.26. The minimum Gasteiger partial charge on any atom is -0.496 e. The van der Waals surface area contributed by atoms with Crippen molar-refractivity contribution in [3.8, 4) is 5.75 Å². The zero-order valence-corrected chi connectivity index (χ0v) is 16.9. The van der Waals surface area contributed by atoms with Crippen molar-refractivity contribution in [2.45, 2.75) is 25.3 Å². The molecule has 2 amide bonds. The molecule has 0 aromatic heterocycles. The third kappa shape index (κ3) is 5.81. The molecule has 1 aliphatic rings. The smallest absolute Gasteiger partial charge is 0.251 e. The van der Waals surface area contributed by atoms with Crippen LogP contribution in [0.5, 0.6) is 5.75 Å². The zero-order valence-electron chi connectivity index (χ0n) is 16.9. The second-order valence-electron chi connectivity index (χ2n) is 7.18. The lowest BCUT2D eigenvalue weighted by molar-refractivity contribution is -0.121. The Balaban J connectivity index is 1.52. The first kappa shape index (κ1) is 20.9. The Hall–Kier alpha value is -2.86. The lowest BCUT2D eigenvalue weighted by Crippen LogP contribution is -2.38. The molecule has 154 valence electrons. The molecular formula is C23H29N3O3. The van der Waals surface area contributed by atoms with Crippen molar-refractivity contribution in [3.63, 3.8) is 0 Å². The Labute approximate surface area is 172 Å². The summed E-state index contributed by atoms with van der Waals surface area (Å²) < 4.78 is 5.54. The van der Waals surface area contributed by atoms with Crippen molar-refractivity contribution in [3.05, 3.63) is 65.7 Å². The number of rotatable bonds is 9. The van der Waals surface area contributed by atoms with E-state index in [9.17, 15) is 9.59 Å².